The van der Waals surface area contributed by atoms with E-state index in [9.17, 15) is 5.11 Å². The molecule has 1 aromatic rings. The highest BCUT2D eigenvalue weighted by Gasteiger charge is 2.21. The average Bonchev–Trinajstić information content (AvgIpc) is 2.81. The second kappa shape index (κ2) is 5.35. The SMILES string of the molecule is CCN(Cc1ccccc1O)C1CCCC1. The summed E-state index contributed by atoms with van der Waals surface area (Å²) in [5, 5.41) is 9.77. The van der Waals surface area contributed by atoms with Crippen molar-refractivity contribution < 1.29 is 5.11 Å². The smallest absolute Gasteiger partial charge is 0.120 e. The third-order valence-electron chi connectivity index (χ3n) is 3.61. The summed E-state index contributed by atoms with van der Waals surface area (Å²) in [5.74, 6) is 0.430. The van der Waals surface area contributed by atoms with Crippen molar-refractivity contribution in [2.45, 2.75) is 45.2 Å². The lowest BCUT2D eigenvalue weighted by molar-refractivity contribution is 0.198. The second-order valence-electron chi connectivity index (χ2n) is 4.63. The van der Waals surface area contributed by atoms with Gasteiger partial charge < -0.3 is 5.11 Å². The van der Waals surface area contributed by atoms with E-state index in [1.54, 1.807) is 6.07 Å². The molecule has 88 valence electrons. The second-order valence-corrected chi connectivity index (χ2v) is 4.63. The van der Waals surface area contributed by atoms with Crippen LogP contribution in [0.1, 0.15) is 38.2 Å². The van der Waals surface area contributed by atoms with Crippen molar-refractivity contribution in [3.63, 3.8) is 0 Å². The monoisotopic (exact) mass is 219 g/mol. The van der Waals surface area contributed by atoms with E-state index in [1.807, 2.05) is 18.2 Å². The first-order chi connectivity index (χ1) is 7.81. The molecule has 0 amide bonds. The largest absolute Gasteiger partial charge is 0.508 e. The Kier molecular flexibility index (Phi) is 3.83. The third-order valence-corrected chi connectivity index (χ3v) is 3.61. The van der Waals surface area contributed by atoms with Crippen LogP contribution in [0.4, 0.5) is 0 Å². The van der Waals surface area contributed by atoms with Crippen LogP contribution in [-0.4, -0.2) is 22.6 Å². The molecule has 0 spiro atoms. The number of phenolic OH excluding ortho intramolecular Hbond substituents is 1. The predicted molar refractivity (Wildman–Crippen MR) is 66.4 cm³/mol. The van der Waals surface area contributed by atoms with E-state index < -0.39 is 0 Å². The van der Waals surface area contributed by atoms with Gasteiger partial charge in [-0.25, -0.2) is 0 Å². The van der Waals surface area contributed by atoms with Gasteiger partial charge in [-0.15, -0.1) is 0 Å². The highest BCUT2D eigenvalue weighted by Crippen LogP contribution is 2.26. The van der Waals surface area contributed by atoms with Crippen LogP contribution in [-0.2, 0) is 6.54 Å². The van der Waals surface area contributed by atoms with Gasteiger partial charge in [0, 0.05) is 18.2 Å². The van der Waals surface area contributed by atoms with Crippen LogP contribution in [0.3, 0.4) is 0 Å². The van der Waals surface area contributed by atoms with Gasteiger partial charge in [-0.1, -0.05) is 38.0 Å². The molecule has 0 aliphatic heterocycles. The maximum absolute atomic E-state index is 9.77. The summed E-state index contributed by atoms with van der Waals surface area (Å²) in [6.45, 7) is 4.16. The van der Waals surface area contributed by atoms with Gasteiger partial charge in [-0.3, -0.25) is 4.90 Å². The van der Waals surface area contributed by atoms with E-state index in [1.165, 1.54) is 25.7 Å². The highest BCUT2D eigenvalue weighted by molar-refractivity contribution is 5.31. The summed E-state index contributed by atoms with van der Waals surface area (Å²) in [4.78, 5) is 2.49. The molecule has 0 aromatic heterocycles. The van der Waals surface area contributed by atoms with E-state index in [-0.39, 0.29) is 0 Å². The molecule has 0 bridgehead atoms. The Morgan fingerprint density at radius 1 is 1.25 bits per heavy atom. The third kappa shape index (κ3) is 2.56. The topological polar surface area (TPSA) is 23.5 Å². The Labute approximate surface area is 97.9 Å². The molecule has 1 aromatic carbocycles. The molecule has 1 saturated carbocycles. The van der Waals surface area contributed by atoms with Crippen LogP contribution in [0.25, 0.3) is 0 Å². The van der Waals surface area contributed by atoms with Gasteiger partial charge in [0.15, 0.2) is 0 Å². The van der Waals surface area contributed by atoms with Crippen molar-refractivity contribution in [3.8, 4) is 5.75 Å². The fourth-order valence-electron chi connectivity index (χ4n) is 2.63. The Hall–Kier alpha value is -1.02. The number of benzene rings is 1. The molecule has 1 N–H and O–H groups in total. The minimum absolute atomic E-state index is 0.430. The summed E-state index contributed by atoms with van der Waals surface area (Å²) >= 11 is 0. The number of aromatic hydroxyl groups is 1. The molecule has 0 saturated heterocycles. The molecule has 2 rings (SSSR count). The highest BCUT2D eigenvalue weighted by atomic mass is 16.3. The molecule has 16 heavy (non-hydrogen) atoms. The lowest BCUT2D eigenvalue weighted by Crippen LogP contribution is -2.32. The Morgan fingerprint density at radius 3 is 2.56 bits per heavy atom. The van der Waals surface area contributed by atoms with E-state index >= 15 is 0 Å². The molecule has 1 aliphatic carbocycles. The quantitative estimate of drug-likeness (QED) is 0.841. The van der Waals surface area contributed by atoms with Crippen LogP contribution >= 0.6 is 0 Å². The van der Waals surface area contributed by atoms with Crippen LogP contribution in [0.5, 0.6) is 5.75 Å². The Bertz CT molecular complexity index is 331. The number of nitrogens with zero attached hydrogens (tertiary/aromatic N) is 1. The number of hydrogen-bond acceptors (Lipinski definition) is 2. The lowest BCUT2D eigenvalue weighted by Gasteiger charge is -2.27. The number of rotatable bonds is 4. The first-order valence-electron chi connectivity index (χ1n) is 6.32. The first-order valence-corrected chi connectivity index (χ1v) is 6.32. The van der Waals surface area contributed by atoms with Crippen LogP contribution in [0, 0.1) is 0 Å². The normalized spacial score (nSPS) is 17.1. The molecule has 0 heterocycles. The van der Waals surface area contributed by atoms with Crippen molar-refractivity contribution in [2.24, 2.45) is 0 Å². The minimum atomic E-state index is 0.430. The zero-order chi connectivity index (χ0) is 11.4. The molecule has 1 fully saturated rings. The fourth-order valence-corrected chi connectivity index (χ4v) is 2.63. The zero-order valence-electron chi connectivity index (χ0n) is 10.0. The first kappa shape index (κ1) is 11.5. The Balaban J connectivity index is 2.03. The van der Waals surface area contributed by atoms with Crippen molar-refractivity contribution in [3.05, 3.63) is 29.8 Å². The summed E-state index contributed by atoms with van der Waals surface area (Å²) in [7, 11) is 0. The Morgan fingerprint density at radius 2 is 1.94 bits per heavy atom. The summed E-state index contributed by atoms with van der Waals surface area (Å²) in [6.07, 6.45) is 5.37. The molecule has 2 nitrogen and oxygen atoms in total. The van der Waals surface area contributed by atoms with E-state index in [0.717, 1.165) is 24.7 Å². The number of phenols is 1. The van der Waals surface area contributed by atoms with Gasteiger partial charge in [0.05, 0.1) is 0 Å². The zero-order valence-corrected chi connectivity index (χ0v) is 10.0. The number of hydrogen-bond donors (Lipinski definition) is 1. The van der Waals surface area contributed by atoms with E-state index in [2.05, 4.69) is 11.8 Å². The van der Waals surface area contributed by atoms with Crippen LogP contribution in [0.2, 0.25) is 0 Å². The van der Waals surface area contributed by atoms with Crippen LogP contribution < -0.4 is 0 Å². The minimum Gasteiger partial charge on any atom is -0.508 e. The van der Waals surface area contributed by atoms with Crippen molar-refractivity contribution in [2.75, 3.05) is 6.54 Å². The molecule has 0 radical (unpaired) electrons. The molecular weight excluding hydrogens is 198 g/mol. The summed E-state index contributed by atoms with van der Waals surface area (Å²) < 4.78 is 0. The van der Waals surface area contributed by atoms with Gasteiger partial charge in [-0.05, 0) is 25.5 Å². The summed E-state index contributed by atoms with van der Waals surface area (Å²) in [5.41, 5.74) is 1.05. The lowest BCUT2D eigenvalue weighted by atomic mass is 10.1. The molecule has 1 aliphatic rings. The van der Waals surface area contributed by atoms with E-state index in [0.29, 0.717) is 5.75 Å². The molecular formula is C14H21NO. The number of para-hydroxylation sites is 1. The van der Waals surface area contributed by atoms with Gasteiger partial charge in [0.1, 0.15) is 5.75 Å². The van der Waals surface area contributed by atoms with Crippen LogP contribution in [0.15, 0.2) is 24.3 Å². The van der Waals surface area contributed by atoms with Gasteiger partial charge in [-0.2, -0.15) is 0 Å². The van der Waals surface area contributed by atoms with Gasteiger partial charge in [0.25, 0.3) is 0 Å². The van der Waals surface area contributed by atoms with Crippen molar-refractivity contribution in [1.82, 2.24) is 4.90 Å². The van der Waals surface area contributed by atoms with Crippen molar-refractivity contribution >= 4 is 0 Å². The summed E-state index contributed by atoms with van der Waals surface area (Å²) in [6, 6.07) is 8.40. The molecule has 2 heteroatoms. The van der Waals surface area contributed by atoms with Crippen molar-refractivity contribution in [1.29, 1.82) is 0 Å². The fraction of sp³-hybridized carbons (Fsp3) is 0.571. The molecule has 0 unspecified atom stereocenters. The van der Waals surface area contributed by atoms with Gasteiger partial charge in [0.2, 0.25) is 0 Å². The predicted octanol–water partition coefficient (Wildman–Crippen LogP) is 3.16. The maximum atomic E-state index is 9.77. The standard InChI is InChI=1S/C14H21NO/c1-2-15(13-8-4-5-9-13)11-12-7-3-6-10-14(12)16/h3,6-7,10,13,16H,2,4-5,8-9,11H2,1H3. The molecule has 0 atom stereocenters. The van der Waals surface area contributed by atoms with E-state index in [4.69, 9.17) is 0 Å². The average molecular weight is 219 g/mol. The maximum Gasteiger partial charge on any atom is 0.120 e. The van der Waals surface area contributed by atoms with Gasteiger partial charge >= 0.3 is 0 Å².